The Morgan fingerprint density at radius 3 is 2.71 bits per heavy atom. The van der Waals surface area contributed by atoms with Gasteiger partial charge >= 0.3 is 0 Å². The van der Waals surface area contributed by atoms with Gasteiger partial charge in [0.15, 0.2) is 0 Å². The average Bonchev–Trinajstić information content (AvgIpc) is 2.71. The molecule has 1 atom stereocenters. The van der Waals surface area contributed by atoms with Gasteiger partial charge in [0, 0.05) is 18.0 Å². The number of benzene rings is 1. The molecule has 1 unspecified atom stereocenters. The molecule has 1 aromatic rings. The summed E-state index contributed by atoms with van der Waals surface area (Å²) in [6, 6.07) is 7.98. The van der Waals surface area contributed by atoms with Gasteiger partial charge in [-0.1, -0.05) is 18.2 Å². The fraction of sp³-hybridized carbons (Fsp3) is 0.462. The largest absolute Gasteiger partial charge is 0.496 e. The van der Waals surface area contributed by atoms with Gasteiger partial charge in [-0.3, -0.25) is 9.80 Å². The quantitative estimate of drug-likeness (QED) is 0.868. The molecule has 0 aliphatic carbocycles. The van der Waals surface area contributed by atoms with Crippen LogP contribution in [0.4, 0.5) is 0 Å². The first-order valence-corrected chi connectivity index (χ1v) is 5.84. The van der Waals surface area contributed by atoms with Crippen LogP contribution in [0.25, 0.3) is 0 Å². The molecular weight excluding hydrogens is 216 g/mol. The molecule has 1 amide bonds. The van der Waals surface area contributed by atoms with E-state index in [1.165, 1.54) is 0 Å². The summed E-state index contributed by atoms with van der Waals surface area (Å²) in [5.41, 5.74) is 4.27. The highest BCUT2D eigenvalue weighted by Crippen LogP contribution is 2.31. The number of amides is 1. The van der Waals surface area contributed by atoms with Gasteiger partial charge in [0.2, 0.25) is 5.91 Å². The zero-order valence-corrected chi connectivity index (χ0v) is 10.4. The fourth-order valence-corrected chi connectivity index (χ4v) is 2.13. The van der Waals surface area contributed by atoms with Gasteiger partial charge in [-0.2, -0.15) is 0 Å². The SMILES string of the molecule is COc1ccccc1C1CC(=O)N(C(C)C)N1. The molecule has 0 saturated carbocycles. The number of hydrazine groups is 1. The van der Waals surface area contributed by atoms with Crippen molar-refractivity contribution in [3.63, 3.8) is 0 Å². The van der Waals surface area contributed by atoms with Crippen molar-refractivity contribution in [2.75, 3.05) is 7.11 Å². The van der Waals surface area contributed by atoms with E-state index in [4.69, 9.17) is 4.74 Å². The molecule has 4 heteroatoms. The second-order valence-corrected chi connectivity index (χ2v) is 4.49. The van der Waals surface area contributed by atoms with Gasteiger partial charge in [0.1, 0.15) is 5.75 Å². The second-order valence-electron chi connectivity index (χ2n) is 4.49. The lowest BCUT2D eigenvalue weighted by Crippen LogP contribution is -2.40. The van der Waals surface area contributed by atoms with Crippen LogP contribution >= 0.6 is 0 Å². The Balaban J connectivity index is 2.22. The Morgan fingerprint density at radius 1 is 1.41 bits per heavy atom. The molecule has 1 N–H and O–H groups in total. The Hall–Kier alpha value is -1.55. The van der Waals surface area contributed by atoms with Crippen LogP contribution in [-0.2, 0) is 4.79 Å². The van der Waals surface area contributed by atoms with Crippen molar-refractivity contribution < 1.29 is 9.53 Å². The van der Waals surface area contributed by atoms with E-state index in [9.17, 15) is 4.79 Å². The molecule has 1 heterocycles. The summed E-state index contributed by atoms with van der Waals surface area (Å²) in [5.74, 6) is 0.958. The van der Waals surface area contributed by atoms with Crippen LogP contribution in [0.3, 0.4) is 0 Å². The van der Waals surface area contributed by atoms with E-state index in [1.54, 1.807) is 12.1 Å². The minimum Gasteiger partial charge on any atom is -0.496 e. The Bertz CT molecular complexity index is 418. The lowest BCUT2D eigenvalue weighted by molar-refractivity contribution is -0.131. The van der Waals surface area contributed by atoms with Gasteiger partial charge in [-0.05, 0) is 19.9 Å². The molecule has 1 saturated heterocycles. The molecule has 4 nitrogen and oxygen atoms in total. The molecule has 0 aromatic heterocycles. The number of methoxy groups -OCH3 is 1. The maximum absolute atomic E-state index is 11.8. The van der Waals surface area contributed by atoms with Crippen LogP contribution < -0.4 is 10.2 Å². The molecule has 1 aromatic carbocycles. The van der Waals surface area contributed by atoms with Crippen molar-refractivity contribution in [3.05, 3.63) is 29.8 Å². The normalized spacial score (nSPS) is 20.1. The van der Waals surface area contributed by atoms with Crippen molar-refractivity contribution in [2.24, 2.45) is 0 Å². The highest BCUT2D eigenvalue weighted by Gasteiger charge is 2.32. The number of carbonyl (C=O) groups excluding carboxylic acids is 1. The Kier molecular flexibility index (Phi) is 3.33. The predicted octanol–water partition coefficient (Wildman–Crippen LogP) is 1.88. The minimum atomic E-state index is 0.0149. The Morgan fingerprint density at radius 2 is 2.12 bits per heavy atom. The van der Waals surface area contributed by atoms with E-state index in [0.29, 0.717) is 6.42 Å². The van der Waals surface area contributed by atoms with Crippen molar-refractivity contribution >= 4 is 5.91 Å². The number of para-hydroxylation sites is 1. The number of nitrogens with one attached hydrogen (secondary N) is 1. The summed E-state index contributed by atoms with van der Waals surface area (Å²) in [5, 5.41) is 1.69. The van der Waals surface area contributed by atoms with E-state index in [-0.39, 0.29) is 18.0 Å². The number of rotatable bonds is 3. The molecule has 2 rings (SSSR count). The number of ether oxygens (including phenoxy) is 1. The highest BCUT2D eigenvalue weighted by atomic mass is 16.5. The van der Waals surface area contributed by atoms with Crippen LogP contribution in [0, 0.1) is 0 Å². The van der Waals surface area contributed by atoms with Gasteiger partial charge < -0.3 is 4.74 Å². The predicted molar refractivity (Wildman–Crippen MR) is 65.5 cm³/mol. The summed E-state index contributed by atoms with van der Waals surface area (Å²) < 4.78 is 5.32. The molecule has 1 aliphatic rings. The van der Waals surface area contributed by atoms with E-state index in [1.807, 2.05) is 38.1 Å². The summed E-state index contributed by atoms with van der Waals surface area (Å²) in [4.78, 5) is 11.8. The van der Waals surface area contributed by atoms with Crippen molar-refractivity contribution in [1.29, 1.82) is 0 Å². The summed E-state index contributed by atoms with van der Waals surface area (Å²) in [6.07, 6.45) is 0.485. The van der Waals surface area contributed by atoms with Gasteiger partial charge in [0.25, 0.3) is 0 Å². The second kappa shape index (κ2) is 4.75. The zero-order chi connectivity index (χ0) is 12.4. The number of nitrogens with zero attached hydrogens (tertiary/aromatic N) is 1. The van der Waals surface area contributed by atoms with E-state index < -0.39 is 0 Å². The maximum atomic E-state index is 11.8. The molecule has 92 valence electrons. The van der Waals surface area contributed by atoms with Crippen LogP contribution in [0.15, 0.2) is 24.3 Å². The summed E-state index contributed by atoms with van der Waals surface area (Å²) in [6.45, 7) is 3.99. The first-order chi connectivity index (χ1) is 8.13. The standard InChI is InChI=1S/C13H18N2O2/c1-9(2)15-13(16)8-11(14-15)10-6-4-5-7-12(10)17-3/h4-7,9,11,14H,8H2,1-3H3. The molecular formula is C13H18N2O2. The fourth-order valence-electron chi connectivity index (χ4n) is 2.13. The smallest absolute Gasteiger partial charge is 0.238 e. The van der Waals surface area contributed by atoms with Crippen molar-refractivity contribution in [1.82, 2.24) is 10.4 Å². The van der Waals surface area contributed by atoms with Gasteiger partial charge in [0.05, 0.1) is 13.2 Å². The highest BCUT2D eigenvalue weighted by molar-refractivity contribution is 5.79. The maximum Gasteiger partial charge on any atom is 0.238 e. The first kappa shape index (κ1) is 11.9. The first-order valence-electron chi connectivity index (χ1n) is 5.84. The number of hydrogen-bond acceptors (Lipinski definition) is 3. The molecule has 17 heavy (non-hydrogen) atoms. The van der Waals surface area contributed by atoms with Crippen LogP contribution in [0.1, 0.15) is 31.9 Å². The van der Waals surface area contributed by atoms with Crippen LogP contribution in [0.5, 0.6) is 5.75 Å². The lowest BCUT2D eigenvalue weighted by atomic mass is 10.0. The molecule has 1 aliphatic heterocycles. The molecule has 0 spiro atoms. The van der Waals surface area contributed by atoms with E-state index in [2.05, 4.69) is 5.43 Å². The Labute approximate surface area is 102 Å². The third kappa shape index (κ3) is 2.26. The average molecular weight is 234 g/mol. The lowest BCUT2D eigenvalue weighted by Gasteiger charge is -2.22. The van der Waals surface area contributed by atoms with E-state index in [0.717, 1.165) is 11.3 Å². The minimum absolute atomic E-state index is 0.0149. The molecule has 1 fully saturated rings. The zero-order valence-electron chi connectivity index (χ0n) is 10.4. The topological polar surface area (TPSA) is 41.6 Å². The van der Waals surface area contributed by atoms with Crippen LogP contribution in [0.2, 0.25) is 0 Å². The van der Waals surface area contributed by atoms with Gasteiger partial charge in [-0.25, -0.2) is 5.43 Å². The molecule has 0 bridgehead atoms. The molecule has 0 radical (unpaired) electrons. The van der Waals surface area contributed by atoms with Crippen molar-refractivity contribution in [3.8, 4) is 5.75 Å². The summed E-state index contributed by atoms with van der Waals surface area (Å²) >= 11 is 0. The monoisotopic (exact) mass is 234 g/mol. The number of carbonyl (C=O) groups is 1. The van der Waals surface area contributed by atoms with E-state index >= 15 is 0 Å². The summed E-state index contributed by atoms with van der Waals surface area (Å²) in [7, 11) is 1.65. The number of hydrogen-bond donors (Lipinski definition) is 1. The third-order valence-electron chi connectivity index (χ3n) is 2.97. The van der Waals surface area contributed by atoms with Crippen LogP contribution in [-0.4, -0.2) is 24.1 Å². The third-order valence-corrected chi connectivity index (χ3v) is 2.97. The van der Waals surface area contributed by atoms with Gasteiger partial charge in [-0.15, -0.1) is 0 Å². The van der Waals surface area contributed by atoms with Crippen molar-refractivity contribution in [2.45, 2.75) is 32.4 Å².